The lowest BCUT2D eigenvalue weighted by molar-refractivity contribution is -0.135. The highest BCUT2D eigenvalue weighted by Crippen LogP contribution is 1.98. The smallest absolute Gasteiger partial charge is 0.328 e. The highest BCUT2D eigenvalue weighted by molar-refractivity contribution is 5.76. The number of nitrogens with zero attached hydrogens (tertiary/aromatic N) is 2. The largest absolute Gasteiger partial charge is 0.378 e. The summed E-state index contributed by atoms with van der Waals surface area (Å²) in [5, 5.41) is 0. The zero-order chi connectivity index (χ0) is 13.1. The summed E-state index contributed by atoms with van der Waals surface area (Å²) in [6.45, 7) is 3.65. The molecule has 1 aromatic heterocycles. The van der Waals surface area contributed by atoms with Crippen molar-refractivity contribution in [2.24, 2.45) is 0 Å². The summed E-state index contributed by atoms with van der Waals surface area (Å²) >= 11 is 0. The number of H-pyrrole nitrogens is 1. The summed E-state index contributed by atoms with van der Waals surface area (Å²) in [7, 11) is 0. The zero-order valence-corrected chi connectivity index (χ0v) is 10.1. The van der Waals surface area contributed by atoms with E-state index in [-0.39, 0.29) is 12.5 Å². The molecule has 0 aromatic carbocycles. The third-order valence-electron chi connectivity index (χ3n) is 2.86. The first-order chi connectivity index (χ1) is 8.58. The number of amides is 1. The van der Waals surface area contributed by atoms with Crippen LogP contribution in [0.5, 0.6) is 0 Å². The maximum Gasteiger partial charge on any atom is 0.328 e. The lowest BCUT2D eigenvalue weighted by Crippen LogP contribution is -2.44. The maximum absolute atomic E-state index is 11.9. The van der Waals surface area contributed by atoms with E-state index in [0.717, 1.165) is 0 Å². The number of morpholine rings is 1. The molecule has 0 bridgehead atoms. The summed E-state index contributed by atoms with van der Waals surface area (Å²) in [5.74, 6) is -0.146. The Morgan fingerprint density at radius 2 is 2.06 bits per heavy atom. The number of nitrogens with one attached hydrogen (secondary N) is 1. The van der Waals surface area contributed by atoms with E-state index in [4.69, 9.17) is 4.74 Å². The van der Waals surface area contributed by atoms with E-state index in [1.54, 1.807) is 11.8 Å². The molecule has 1 saturated heterocycles. The minimum atomic E-state index is -0.563. The summed E-state index contributed by atoms with van der Waals surface area (Å²) in [6, 6.07) is 0. The summed E-state index contributed by atoms with van der Waals surface area (Å²) in [6.07, 6.45) is 1.40. The van der Waals surface area contributed by atoms with Crippen LogP contribution < -0.4 is 11.2 Å². The number of ether oxygens (including phenoxy) is 1. The lowest BCUT2D eigenvalue weighted by atomic mass is 10.3. The van der Waals surface area contributed by atoms with Gasteiger partial charge in [-0.25, -0.2) is 4.79 Å². The molecule has 2 rings (SSSR count). The molecule has 2 heterocycles. The van der Waals surface area contributed by atoms with Crippen LogP contribution in [0, 0.1) is 6.92 Å². The van der Waals surface area contributed by atoms with Crippen molar-refractivity contribution in [3.63, 3.8) is 0 Å². The fourth-order valence-corrected chi connectivity index (χ4v) is 1.79. The summed E-state index contributed by atoms with van der Waals surface area (Å²) < 4.78 is 6.37. The average Bonchev–Trinajstić information content (AvgIpc) is 2.37. The van der Waals surface area contributed by atoms with Crippen LogP contribution in [0.1, 0.15) is 5.56 Å². The van der Waals surface area contributed by atoms with Gasteiger partial charge in [0.15, 0.2) is 0 Å². The fourth-order valence-electron chi connectivity index (χ4n) is 1.79. The van der Waals surface area contributed by atoms with Gasteiger partial charge in [0, 0.05) is 24.8 Å². The predicted molar refractivity (Wildman–Crippen MR) is 63.5 cm³/mol. The van der Waals surface area contributed by atoms with E-state index < -0.39 is 11.2 Å². The van der Waals surface area contributed by atoms with E-state index in [9.17, 15) is 14.4 Å². The van der Waals surface area contributed by atoms with E-state index in [2.05, 4.69) is 4.98 Å². The summed E-state index contributed by atoms with van der Waals surface area (Å²) in [4.78, 5) is 38.5. The number of hydrogen-bond acceptors (Lipinski definition) is 4. The van der Waals surface area contributed by atoms with Crippen LogP contribution >= 0.6 is 0 Å². The molecule has 1 aliphatic heterocycles. The fraction of sp³-hybridized carbons (Fsp3) is 0.545. The first-order valence-electron chi connectivity index (χ1n) is 5.74. The molecule has 0 aliphatic carbocycles. The molecule has 0 unspecified atom stereocenters. The topological polar surface area (TPSA) is 84.4 Å². The van der Waals surface area contributed by atoms with Crippen LogP contribution in [0.15, 0.2) is 15.8 Å². The van der Waals surface area contributed by atoms with Crippen LogP contribution in [0.4, 0.5) is 0 Å². The SMILES string of the molecule is Cc1cn(CC(=O)N2CCOCC2)c(=O)[nH]c1=O. The van der Waals surface area contributed by atoms with Crippen molar-refractivity contribution in [2.45, 2.75) is 13.5 Å². The molecular formula is C11H15N3O4. The minimum Gasteiger partial charge on any atom is -0.378 e. The Kier molecular flexibility index (Phi) is 3.61. The van der Waals surface area contributed by atoms with Crippen molar-refractivity contribution < 1.29 is 9.53 Å². The third kappa shape index (κ3) is 2.67. The Balaban J connectivity index is 2.13. The van der Waals surface area contributed by atoms with Crippen LogP contribution in [0.25, 0.3) is 0 Å². The number of carbonyl (C=O) groups excluding carboxylic acids is 1. The monoisotopic (exact) mass is 253 g/mol. The van der Waals surface area contributed by atoms with Crippen LogP contribution in [0.2, 0.25) is 0 Å². The van der Waals surface area contributed by atoms with Gasteiger partial charge < -0.3 is 9.64 Å². The molecule has 0 spiro atoms. The van der Waals surface area contributed by atoms with Crippen molar-refractivity contribution in [1.82, 2.24) is 14.5 Å². The second-order valence-corrected chi connectivity index (χ2v) is 4.19. The Hall–Kier alpha value is -1.89. The van der Waals surface area contributed by atoms with Gasteiger partial charge in [-0.1, -0.05) is 0 Å². The molecule has 1 amide bonds. The maximum atomic E-state index is 11.9. The van der Waals surface area contributed by atoms with Gasteiger partial charge in [0.1, 0.15) is 6.54 Å². The first-order valence-corrected chi connectivity index (χ1v) is 5.74. The van der Waals surface area contributed by atoms with E-state index in [1.807, 2.05) is 0 Å². The first kappa shape index (κ1) is 12.6. The molecule has 0 radical (unpaired) electrons. The molecule has 7 nitrogen and oxygen atoms in total. The van der Waals surface area contributed by atoms with Gasteiger partial charge in [0.25, 0.3) is 5.56 Å². The van der Waals surface area contributed by atoms with Crippen LogP contribution in [0.3, 0.4) is 0 Å². The molecule has 1 aliphatic rings. The standard InChI is InChI=1S/C11H15N3O4/c1-8-6-14(11(17)12-10(8)16)7-9(15)13-2-4-18-5-3-13/h6H,2-5,7H2,1H3,(H,12,16,17). The molecule has 98 valence electrons. The predicted octanol–water partition coefficient (Wildman–Crippen LogP) is -1.30. The molecule has 1 aromatic rings. The number of carbonyl (C=O) groups is 1. The Morgan fingerprint density at radius 3 is 2.72 bits per heavy atom. The number of hydrogen-bond donors (Lipinski definition) is 1. The van der Waals surface area contributed by atoms with Crippen LogP contribution in [-0.4, -0.2) is 46.7 Å². The number of aryl methyl sites for hydroxylation is 1. The normalized spacial score (nSPS) is 15.7. The zero-order valence-electron chi connectivity index (χ0n) is 10.1. The van der Waals surface area contributed by atoms with Crippen molar-refractivity contribution in [2.75, 3.05) is 26.3 Å². The minimum absolute atomic E-state index is 0.0591. The molecule has 1 fully saturated rings. The molecular weight excluding hydrogens is 238 g/mol. The van der Waals surface area contributed by atoms with E-state index >= 15 is 0 Å². The number of rotatable bonds is 2. The van der Waals surface area contributed by atoms with Gasteiger partial charge in [-0.3, -0.25) is 19.1 Å². The molecule has 0 atom stereocenters. The van der Waals surface area contributed by atoms with Gasteiger partial charge in [0.2, 0.25) is 5.91 Å². The van der Waals surface area contributed by atoms with Crippen molar-refractivity contribution in [3.05, 3.63) is 32.6 Å². The molecule has 18 heavy (non-hydrogen) atoms. The van der Waals surface area contributed by atoms with E-state index in [0.29, 0.717) is 31.9 Å². The molecule has 0 saturated carbocycles. The Morgan fingerprint density at radius 1 is 1.39 bits per heavy atom. The second-order valence-electron chi connectivity index (χ2n) is 4.19. The van der Waals surface area contributed by atoms with Crippen molar-refractivity contribution in [1.29, 1.82) is 0 Å². The number of aromatic nitrogens is 2. The Bertz CT molecular complexity index is 554. The van der Waals surface area contributed by atoms with E-state index in [1.165, 1.54) is 10.8 Å². The highest BCUT2D eigenvalue weighted by atomic mass is 16.5. The van der Waals surface area contributed by atoms with Gasteiger partial charge in [-0.05, 0) is 6.92 Å². The molecule has 1 N–H and O–H groups in total. The lowest BCUT2D eigenvalue weighted by Gasteiger charge is -2.27. The molecule has 7 heteroatoms. The third-order valence-corrected chi connectivity index (χ3v) is 2.86. The van der Waals surface area contributed by atoms with Gasteiger partial charge in [-0.15, -0.1) is 0 Å². The van der Waals surface area contributed by atoms with Gasteiger partial charge in [0.05, 0.1) is 13.2 Å². The van der Waals surface area contributed by atoms with Crippen LogP contribution in [-0.2, 0) is 16.1 Å². The van der Waals surface area contributed by atoms with Crippen molar-refractivity contribution >= 4 is 5.91 Å². The second kappa shape index (κ2) is 5.18. The highest BCUT2D eigenvalue weighted by Gasteiger charge is 2.17. The number of aromatic amines is 1. The van der Waals surface area contributed by atoms with Gasteiger partial charge >= 0.3 is 5.69 Å². The summed E-state index contributed by atoms with van der Waals surface area (Å²) in [5.41, 5.74) is -0.577. The van der Waals surface area contributed by atoms with Crippen molar-refractivity contribution in [3.8, 4) is 0 Å². The average molecular weight is 253 g/mol. The Labute approximate surface area is 103 Å². The quantitative estimate of drug-likeness (QED) is 0.710. The van der Waals surface area contributed by atoms with Gasteiger partial charge in [-0.2, -0.15) is 0 Å².